The van der Waals surface area contributed by atoms with Crippen molar-refractivity contribution in [3.63, 3.8) is 0 Å². The second kappa shape index (κ2) is 5.04. The van der Waals surface area contributed by atoms with Gasteiger partial charge in [-0.15, -0.1) is 0 Å². The molecule has 2 N–H and O–H groups in total. The lowest BCUT2D eigenvalue weighted by Crippen LogP contribution is -2.53. The molecule has 2 fully saturated rings. The van der Waals surface area contributed by atoms with Gasteiger partial charge in [0, 0.05) is 19.2 Å². The molecule has 2 heterocycles. The van der Waals surface area contributed by atoms with E-state index in [1.54, 1.807) is 12.0 Å². The quantitative estimate of drug-likeness (QED) is 0.655. The first-order chi connectivity index (χ1) is 7.50. The minimum atomic E-state index is -1.27. The number of methoxy groups -OCH3 is 1. The predicted octanol–water partition coefficient (Wildman–Crippen LogP) is 0.0728. The third-order valence-corrected chi connectivity index (χ3v) is 3.42. The Bertz CT molecular complexity index is 237. The van der Waals surface area contributed by atoms with Crippen LogP contribution in [0.15, 0.2) is 0 Å². The van der Waals surface area contributed by atoms with Gasteiger partial charge in [0.1, 0.15) is 7.85 Å². The summed E-state index contributed by atoms with van der Waals surface area (Å²) in [7, 11) is 7.39. The summed E-state index contributed by atoms with van der Waals surface area (Å²) in [4.78, 5) is 1.79. The summed E-state index contributed by atoms with van der Waals surface area (Å²) in [6.45, 7) is 4.96. The fourth-order valence-electron chi connectivity index (χ4n) is 2.85. The third kappa shape index (κ3) is 2.27. The largest absolute Gasteiger partial charge is 0.392 e. The molecule has 0 saturated carbocycles. The maximum atomic E-state index is 9.91. The van der Waals surface area contributed by atoms with Gasteiger partial charge in [0.2, 0.25) is 0 Å². The van der Waals surface area contributed by atoms with Crippen LogP contribution in [0.2, 0.25) is 0 Å². The Morgan fingerprint density at radius 1 is 1.44 bits per heavy atom. The van der Waals surface area contributed by atoms with Crippen LogP contribution < -0.4 is 0 Å². The van der Waals surface area contributed by atoms with E-state index in [4.69, 9.17) is 12.6 Å². The highest BCUT2D eigenvalue weighted by atomic mass is 16.5. The number of ether oxygens (including phenoxy) is 1. The molecule has 0 aromatic carbocycles. The van der Waals surface area contributed by atoms with Crippen LogP contribution in [0.5, 0.6) is 0 Å². The zero-order chi connectivity index (χ0) is 12.4. The van der Waals surface area contributed by atoms with Crippen LogP contribution >= 0.6 is 0 Å². The summed E-state index contributed by atoms with van der Waals surface area (Å²) in [5, 5.41) is 19.5. The average molecular weight is 227 g/mol. The van der Waals surface area contributed by atoms with E-state index >= 15 is 0 Å². The van der Waals surface area contributed by atoms with Crippen LogP contribution in [0.4, 0.5) is 0 Å². The molecule has 2 aliphatic rings. The molecule has 2 rings (SSSR count). The van der Waals surface area contributed by atoms with Crippen molar-refractivity contribution in [2.45, 2.75) is 50.4 Å². The second-order valence-corrected chi connectivity index (χ2v) is 4.50. The first kappa shape index (κ1) is 14.0. The molecule has 3 atom stereocenters. The monoisotopic (exact) mass is 227 g/mol. The fourth-order valence-corrected chi connectivity index (χ4v) is 2.85. The standard InChI is InChI=1S/C9H16BNO3.C2H6/c1-14-6-8-2-3-9(10,13)11(8)5-7(12)4-8;1-2/h7,12-13H,2-6H2,1H3;1-2H3. The van der Waals surface area contributed by atoms with Gasteiger partial charge in [-0.05, 0) is 19.3 Å². The highest BCUT2D eigenvalue weighted by Crippen LogP contribution is 2.45. The number of hydrogen-bond acceptors (Lipinski definition) is 4. The van der Waals surface area contributed by atoms with Gasteiger partial charge < -0.3 is 14.9 Å². The van der Waals surface area contributed by atoms with Gasteiger partial charge in [-0.1, -0.05) is 13.8 Å². The van der Waals surface area contributed by atoms with Crippen LogP contribution in [0.3, 0.4) is 0 Å². The molecule has 5 heteroatoms. The Morgan fingerprint density at radius 3 is 2.62 bits per heavy atom. The van der Waals surface area contributed by atoms with Gasteiger partial charge in [0.05, 0.1) is 18.3 Å². The van der Waals surface area contributed by atoms with Crippen molar-refractivity contribution in [2.75, 3.05) is 20.3 Å². The lowest BCUT2D eigenvalue weighted by molar-refractivity contribution is -0.0542. The van der Waals surface area contributed by atoms with Gasteiger partial charge >= 0.3 is 0 Å². The van der Waals surface area contributed by atoms with Crippen molar-refractivity contribution in [3.8, 4) is 0 Å². The highest BCUT2D eigenvalue weighted by Gasteiger charge is 2.56. The molecule has 0 bridgehead atoms. The number of rotatable bonds is 2. The molecule has 0 aromatic heterocycles. The smallest absolute Gasteiger partial charge is 0.135 e. The molecule has 2 saturated heterocycles. The number of aliphatic hydroxyl groups excluding tert-OH is 1. The normalized spacial score (nSPS) is 42.7. The summed E-state index contributed by atoms with van der Waals surface area (Å²) in [5.74, 6) is 0. The summed E-state index contributed by atoms with van der Waals surface area (Å²) >= 11 is 0. The fraction of sp³-hybridized carbons (Fsp3) is 1.00. The first-order valence-electron chi connectivity index (χ1n) is 5.96. The molecule has 16 heavy (non-hydrogen) atoms. The predicted molar refractivity (Wildman–Crippen MR) is 63.2 cm³/mol. The van der Waals surface area contributed by atoms with Crippen LogP contribution in [0.25, 0.3) is 0 Å². The van der Waals surface area contributed by atoms with E-state index in [0.717, 1.165) is 6.42 Å². The van der Waals surface area contributed by atoms with E-state index in [-0.39, 0.29) is 5.54 Å². The Labute approximate surface area is 99.0 Å². The van der Waals surface area contributed by atoms with Crippen molar-refractivity contribution < 1.29 is 14.9 Å². The van der Waals surface area contributed by atoms with Gasteiger partial charge in [-0.25, -0.2) is 0 Å². The maximum Gasteiger partial charge on any atom is 0.135 e. The van der Waals surface area contributed by atoms with Crippen molar-refractivity contribution in [1.82, 2.24) is 4.90 Å². The van der Waals surface area contributed by atoms with Crippen LogP contribution in [-0.2, 0) is 4.74 Å². The summed E-state index contributed by atoms with van der Waals surface area (Å²) in [5.41, 5.74) is -1.52. The molecule has 2 aliphatic heterocycles. The summed E-state index contributed by atoms with van der Waals surface area (Å²) in [6, 6.07) is 0. The molecule has 4 nitrogen and oxygen atoms in total. The van der Waals surface area contributed by atoms with E-state index in [0.29, 0.717) is 26.0 Å². The number of nitrogens with zero attached hydrogens (tertiary/aromatic N) is 1. The Hall–Kier alpha value is -0.0951. The van der Waals surface area contributed by atoms with E-state index in [9.17, 15) is 10.2 Å². The number of β-amino-alcohol motifs (C(OH)–C–C–N with tert-alkyl or cyclic N) is 1. The topological polar surface area (TPSA) is 52.9 Å². The minimum Gasteiger partial charge on any atom is -0.392 e. The van der Waals surface area contributed by atoms with Crippen molar-refractivity contribution in [1.29, 1.82) is 0 Å². The van der Waals surface area contributed by atoms with Gasteiger partial charge in [0.25, 0.3) is 0 Å². The van der Waals surface area contributed by atoms with Crippen LogP contribution in [-0.4, -0.2) is 60.5 Å². The zero-order valence-corrected chi connectivity index (χ0v) is 10.4. The van der Waals surface area contributed by atoms with Crippen LogP contribution in [0.1, 0.15) is 33.1 Å². The van der Waals surface area contributed by atoms with E-state index in [1.165, 1.54) is 0 Å². The SMILES string of the molecule is CC.[B]C1(O)CCC2(COC)CC(O)CN12. The molecule has 92 valence electrons. The van der Waals surface area contributed by atoms with Gasteiger partial charge in [-0.3, -0.25) is 4.90 Å². The highest BCUT2D eigenvalue weighted by molar-refractivity contribution is 6.14. The molecule has 3 unspecified atom stereocenters. The summed E-state index contributed by atoms with van der Waals surface area (Å²) < 4.78 is 5.15. The lowest BCUT2D eigenvalue weighted by Gasteiger charge is -2.37. The average Bonchev–Trinajstić information content (AvgIpc) is 2.67. The molecular formula is C11H22BNO3. The van der Waals surface area contributed by atoms with Gasteiger partial charge in [0.15, 0.2) is 0 Å². The Kier molecular flexibility index (Phi) is 4.40. The third-order valence-electron chi connectivity index (χ3n) is 3.42. The molecule has 0 aliphatic carbocycles. The Morgan fingerprint density at radius 2 is 2.06 bits per heavy atom. The van der Waals surface area contributed by atoms with Crippen molar-refractivity contribution in [2.24, 2.45) is 0 Å². The van der Waals surface area contributed by atoms with Crippen LogP contribution in [0, 0.1) is 0 Å². The summed E-state index contributed by atoms with van der Waals surface area (Å²) in [6.07, 6.45) is 1.56. The first-order valence-corrected chi connectivity index (χ1v) is 5.96. The zero-order valence-electron chi connectivity index (χ0n) is 10.4. The second-order valence-electron chi connectivity index (χ2n) is 4.50. The number of fused-ring (bicyclic) bond motifs is 1. The molecule has 0 spiro atoms. The molecule has 0 amide bonds. The number of hydrogen-bond donors (Lipinski definition) is 2. The molecular weight excluding hydrogens is 205 g/mol. The minimum absolute atomic E-state index is 0.252. The van der Waals surface area contributed by atoms with E-state index < -0.39 is 11.7 Å². The van der Waals surface area contributed by atoms with E-state index in [2.05, 4.69) is 0 Å². The number of aliphatic hydroxyl groups is 2. The maximum absolute atomic E-state index is 9.91. The molecule has 2 radical (unpaired) electrons. The Balaban J connectivity index is 0.000000606. The lowest BCUT2D eigenvalue weighted by atomic mass is 9.88. The molecule has 0 aromatic rings. The van der Waals surface area contributed by atoms with Crippen molar-refractivity contribution in [3.05, 3.63) is 0 Å². The van der Waals surface area contributed by atoms with Gasteiger partial charge in [-0.2, -0.15) is 0 Å². The van der Waals surface area contributed by atoms with E-state index in [1.807, 2.05) is 13.8 Å². The van der Waals surface area contributed by atoms with Crippen molar-refractivity contribution >= 4 is 7.85 Å².